The van der Waals surface area contributed by atoms with E-state index in [0.717, 1.165) is 25.2 Å². The molecular formula is C30H32F4N2O. The van der Waals surface area contributed by atoms with Gasteiger partial charge in [0.25, 0.3) is 0 Å². The molecular weight excluding hydrogens is 480 g/mol. The molecule has 0 unspecified atom stereocenters. The highest BCUT2D eigenvalue weighted by Crippen LogP contribution is 2.38. The summed E-state index contributed by atoms with van der Waals surface area (Å²) in [6.07, 6.45) is -3.12. The van der Waals surface area contributed by atoms with Crippen molar-refractivity contribution in [1.29, 1.82) is 5.26 Å². The Morgan fingerprint density at radius 1 is 0.946 bits per heavy atom. The first-order valence-electron chi connectivity index (χ1n) is 12.4. The third kappa shape index (κ3) is 6.97. The van der Waals surface area contributed by atoms with Crippen LogP contribution in [0.5, 0.6) is 0 Å². The molecule has 0 saturated carbocycles. The van der Waals surface area contributed by atoms with Gasteiger partial charge in [0.2, 0.25) is 0 Å². The Morgan fingerprint density at radius 2 is 1.59 bits per heavy atom. The highest BCUT2D eigenvalue weighted by atomic mass is 19.4. The van der Waals surface area contributed by atoms with E-state index in [1.807, 2.05) is 27.0 Å². The molecule has 196 valence electrons. The molecule has 1 heterocycles. The zero-order chi connectivity index (χ0) is 27.1. The molecule has 0 atom stereocenters. The van der Waals surface area contributed by atoms with Crippen LogP contribution in [0, 0.1) is 17.1 Å². The minimum atomic E-state index is -4.51. The van der Waals surface area contributed by atoms with Crippen molar-refractivity contribution >= 4 is 0 Å². The average Bonchev–Trinajstić information content (AvgIpc) is 2.91. The van der Waals surface area contributed by atoms with Gasteiger partial charge in [0.1, 0.15) is 5.82 Å². The number of nitrogens with zero attached hydrogens (tertiary/aromatic N) is 2. The van der Waals surface area contributed by atoms with Gasteiger partial charge in [-0.3, -0.25) is 0 Å². The van der Waals surface area contributed by atoms with Crippen molar-refractivity contribution in [3.63, 3.8) is 0 Å². The van der Waals surface area contributed by atoms with E-state index in [4.69, 9.17) is 10.00 Å². The van der Waals surface area contributed by atoms with E-state index in [9.17, 15) is 17.6 Å². The molecule has 3 nitrogen and oxygen atoms in total. The summed E-state index contributed by atoms with van der Waals surface area (Å²) in [5.74, 6) is -0.289. The number of likely N-dealkylation sites (tertiary alicyclic amines) is 1. The molecule has 0 amide bonds. The number of alkyl halides is 3. The van der Waals surface area contributed by atoms with Crippen molar-refractivity contribution in [3.05, 3.63) is 94.8 Å². The quantitative estimate of drug-likeness (QED) is 0.319. The van der Waals surface area contributed by atoms with Crippen LogP contribution in [0.3, 0.4) is 0 Å². The van der Waals surface area contributed by atoms with E-state index in [2.05, 4.69) is 4.90 Å². The molecule has 0 bridgehead atoms. The molecule has 1 aliphatic heterocycles. The van der Waals surface area contributed by atoms with Crippen LogP contribution in [-0.4, -0.2) is 31.6 Å². The van der Waals surface area contributed by atoms with E-state index in [1.54, 1.807) is 48.5 Å². The van der Waals surface area contributed by atoms with Gasteiger partial charge in [-0.2, -0.15) is 18.4 Å². The van der Waals surface area contributed by atoms with Gasteiger partial charge in [-0.15, -0.1) is 0 Å². The Balaban J connectivity index is 0.00000186. The number of hydrogen-bond donors (Lipinski definition) is 0. The number of nitriles is 1. The van der Waals surface area contributed by atoms with Gasteiger partial charge in [0, 0.05) is 5.41 Å². The summed E-state index contributed by atoms with van der Waals surface area (Å²) < 4.78 is 61.6. The zero-order valence-electron chi connectivity index (χ0n) is 21.4. The second kappa shape index (κ2) is 12.4. The minimum absolute atomic E-state index is 0.0285. The predicted molar refractivity (Wildman–Crippen MR) is 137 cm³/mol. The lowest BCUT2D eigenvalue weighted by Gasteiger charge is -2.41. The van der Waals surface area contributed by atoms with Gasteiger partial charge >= 0.3 is 6.18 Å². The van der Waals surface area contributed by atoms with Crippen LogP contribution >= 0.6 is 0 Å². The standard InChI is InChI=1S/C28H26F4N2O.C2H6/c1-34-12-10-27(11-13-34,25-4-2-3-5-26(25)29)19-35-18-21-14-23(16-24(15-21)28(30,31)32)22-8-6-20(17-33)7-9-22;1-2/h2-9,14-16H,10-13,18-19H2,1H3;1-2H3. The van der Waals surface area contributed by atoms with Crippen LogP contribution < -0.4 is 0 Å². The van der Waals surface area contributed by atoms with Crippen molar-refractivity contribution in [2.45, 2.75) is 44.9 Å². The number of halogens is 4. The maximum Gasteiger partial charge on any atom is 0.416 e. The highest BCUT2D eigenvalue weighted by molar-refractivity contribution is 5.66. The summed E-state index contributed by atoms with van der Waals surface area (Å²) in [7, 11) is 2.01. The molecule has 3 aromatic carbocycles. The van der Waals surface area contributed by atoms with Crippen molar-refractivity contribution in [1.82, 2.24) is 4.90 Å². The molecule has 0 radical (unpaired) electrons. The summed E-state index contributed by atoms with van der Waals surface area (Å²) in [4.78, 5) is 2.18. The molecule has 7 heteroatoms. The molecule has 1 aliphatic rings. The second-order valence-corrected chi connectivity index (χ2v) is 9.16. The lowest BCUT2D eigenvalue weighted by molar-refractivity contribution is -0.137. The lowest BCUT2D eigenvalue weighted by atomic mass is 9.73. The summed E-state index contributed by atoms with van der Waals surface area (Å²) in [6, 6.07) is 18.9. The van der Waals surface area contributed by atoms with Gasteiger partial charge < -0.3 is 9.64 Å². The van der Waals surface area contributed by atoms with E-state index >= 15 is 0 Å². The monoisotopic (exact) mass is 512 g/mol. The molecule has 0 aliphatic carbocycles. The van der Waals surface area contributed by atoms with Gasteiger partial charge in [0.15, 0.2) is 0 Å². The third-order valence-electron chi connectivity index (χ3n) is 6.70. The largest absolute Gasteiger partial charge is 0.416 e. The average molecular weight is 513 g/mol. The van der Waals surface area contributed by atoms with E-state index in [0.29, 0.717) is 40.7 Å². The fourth-order valence-electron chi connectivity index (χ4n) is 4.64. The van der Waals surface area contributed by atoms with Crippen LogP contribution in [0.25, 0.3) is 11.1 Å². The number of ether oxygens (including phenoxy) is 1. The second-order valence-electron chi connectivity index (χ2n) is 9.16. The van der Waals surface area contributed by atoms with Gasteiger partial charge in [-0.25, -0.2) is 4.39 Å². The molecule has 0 N–H and O–H groups in total. The maximum absolute atomic E-state index is 14.7. The SMILES string of the molecule is CC.CN1CCC(COCc2cc(-c3ccc(C#N)cc3)cc(C(F)(F)F)c2)(c2ccccc2F)CC1. The summed E-state index contributed by atoms with van der Waals surface area (Å²) in [5.41, 5.74) is 1.09. The fraction of sp³-hybridized carbons (Fsp3) is 0.367. The molecule has 1 saturated heterocycles. The van der Waals surface area contributed by atoms with Crippen molar-refractivity contribution < 1.29 is 22.3 Å². The van der Waals surface area contributed by atoms with Crippen LogP contribution in [0.1, 0.15) is 48.9 Å². The van der Waals surface area contributed by atoms with Crippen LogP contribution in [0.2, 0.25) is 0 Å². The fourth-order valence-corrected chi connectivity index (χ4v) is 4.64. The van der Waals surface area contributed by atoms with E-state index < -0.39 is 17.2 Å². The molecule has 37 heavy (non-hydrogen) atoms. The number of benzene rings is 3. The maximum atomic E-state index is 14.7. The Morgan fingerprint density at radius 3 is 2.19 bits per heavy atom. The van der Waals surface area contributed by atoms with Gasteiger partial charge in [-0.1, -0.05) is 44.2 Å². The van der Waals surface area contributed by atoms with E-state index in [-0.39, 0.29) is 19.0 Å². The van der Waals surface area contributed by atoms with Crippen LogP contribution in [-0.2, 0) is 22.9 Å². The first-order valence-corrected chi connectivity index (χ1v) is 12.4. The number of piperidine rings is 1. The molecule has 0 aromatic heterocycles. The Kier molecular flexibility index (Phi) is 9.47. The van der Waals surface area contributed by atoms with E-state index in [1.165, 1.54) is 6.07 Å². The zero-order valence-corrected chi connectivity index (χ0v) is 21.4. The number of hydrogen-bond acceptors (Lipinski definition) is 3. The van der Waals surface area contributed by atoms with Crippen LogP contribution in [0.4, 0.5) is 17.6 Å². The van der Waals surface area contributed by atoms with Crippen molar-refractivity contribution in [2.75, 3.05) is 26.7 Å². The van der Waals surface area contributed by atoms with Crippen molar-refractivity contribution in [2.24, 2.45) is 0 Å². The topological polar surface area (TPSA) is 36.3 Å². The highest BCUT2D eigenvalue weighted by Gasteiger charge is 2.38. The van der Waals surface area contributed by atoms with Gasteiger partial charge in [0.05, 0.1) is 30.4 Å². The number of rotatable bonds is 6. The Labute approximate surface area is 216 Å². The van der Waals surface area contributed by atoms with Crippen LogP contribution in [0.15, 0.2) is 66.7 Å². The third-order valence-corrected chi connectivity index (χ3v) is 6.70. The Bertz CT molecular complexity index is 1210. The smallest absolute Gasteiger partial charge is 0.376 e. The predicted octanol–water partition coefficient (Wildman–Crippen LogP) is 7.59. The van der Waals surface area contributed by atoms with Gasteiger partial charge in [-0.05, 0) is 91.6 Å². The summed E-state index contributed by atoms with van der Waals surface area (Å²) in [6.45, 7) is 5.75. The lowest BCUT2D eigenvalue weighted by Crippen LogP contribution is -2.44. The molecule has 0 spiro atoms. The summed E-state index contributed by atoms with van der Waals surface area (Å²) >= 11 is 0. The molecule has 4 rings (SSSR count). The molecule has 3 aromatic rings. The summed E-state index contributed by atoms with van der Waals surface area (Å²) in [5, 5.41) is 8.99. The first kappa shape index (κ1) is 28.4. The first-order chi connectivity index (χ1) is 17.7. The minimum Gasteiger partial charge on any atom is -0.376 e. The molecule has 1 fully saturated rings. The normalized spacial score (nSPS) is 15.4. The van der Waals surface area contributed by atoms with Crippen molar-refractivity contribution in [3.8, 4) is 17.2 Å². The Hall–Kier alpha value is -3.21.